The molecular weight excluding hydrogens is 238 g/mol. The van der Waals surface area contributed by atoms with Crippen molar-refractivity contribution in [2.24, 2.45) is 0 Å². The van der Waals surface area contributed by atoms with Crippen LogP contribution in [0.2, 0.25) is 0 Å². The minimum absolute atomic E-state index is 0.0259. The van der Waals surface area contributed by atoms with Crippen molar-refractivity contribution in [2.45, 2.75) is 44.1 Å². The van der Waals surface area contributed by atoms with E-state index in [2.05, 4.69) is 5.32 Å². The highest BCUT2D eigenvalue weighted by Crippen LogP contribution is 2.14. The molecule has 0 amide bonds. The summed E-state index contributed by atoms with van der Waals surface area (Å²) < 4.78 is 16.5. The lowest BCUT2D eigenvalue weighted by atomic mass is 10.2. The van der Waals surface area contributed by atoms with Gasteiger partial charge in [-0.25, -0.2) is 0 Å². The summed E-state index contributed by atoms with van der Waals surface area (Å²) in [6.07, 6.45) is 3.62. The van der Waals surface area contributed by atoms with E-state index in [1.807, 2.05) is 0 Å². The summed E-state index contributed by atoms with van der Waals surface area (Å²) in [4.78, 5) is 10.7. The third-order valence-electron chi connectivity index (χ3n) is 3.27. The van der Waals surface area contributed by atoms with E-state index in [0.717, 1.165) is 25.9 Å². The first kappa shape index (κ1) is 13.7. The highest BCUT2D eigenvalue weighted by atomic mass is 16.7. The molecule has 0 bridgehead atoms. The Labute approximate surface area is 107 Å². The monoisotopic (exact) mass is 259 g/mol. The molecule has 2 rings (SSSR count). The molecule has 0 spiro atoms. The molecule has 0 aliphatic carbocycles. The number of nitrogens with one attached hydrogen (secondary N) is 1. The van der Waals surface area contributed by atoms with Gasteiger partial charge in [0.2, 0.25) is 0 Å². The maximum atomic E-state index is 10.7. The summed E-state index contributed by atoms with van der Waals surface area (Å²) in [5.74, 6) is -0.812. The minimum atomic E-state index is -0.812. The van der Waals surface area contributed by atoms with Crippen molar-refractivity contribution in [2.75, 3.05) is 26.4 Å². The topological polar surface area (TPSA) is 77.0 Å². The molecule has 2 aliphatic heterocycles. The summed E-state index contributed by atoms with van der Waals surface area (Å²) in [5, 5.41) is 11.7. The van der Waals surface area contributed by atoms with Gasteiger partial charge in [-0.1, -0.05) is 0 Å². The maximum Gasteiger partial charge on any atom is 0.320 e. The number of rotatable bonds is 6. The van der Waals surface area contributed by atoms with E-state index in [0.29, 0.717) is 26.2 Å². The highest BCUT2D eigenvalue weighted by molar-refractivity contribution is 5.73. The van der Waals surface area contributed by atoms with Gasteiger partial charge in [-0.2, -0.15) is 0 Å². The predicted octanol–water partition coefficient (Wildman–Crippen LogP) is 0.361. The van der Waals surface area contributed by atoms with Crippen LogP contribution in [0.4, 0.5) is 0 Å². The molecule has 6 nitrogen and oxygen atoms in total. The van der Waals surface area contributed by atoms with E-state index in [4.69, 9.17) is 19.3 Å². The zero-order valence-electron chi connectivity index (χ0n) is 10.5. The van der Waals surface area contributed by atoms with Crippen molar-refractivity contribution < 1.29 is 24.1 Å². The molecule has 0 aromatic heterocycles. The third-order valence-corrected chi connectivity index (χ3v) is 3.27. The van der Waals surface area contributed by atoms with E-state index in [1.165, 1.54) is 0 Å². The van der Waals surface area contributed by atoms with Crippen LogP contribution in [0.5, 0.6) is 0 Å². The van der Waals surface area contributed by atoms with Crippen LogP contribution in [0.1, 0.15) is 25.7 Å². The lowest BCUT2D eigenvalue weighted by Crippen LogP contribution is -2.30. The van der Waals surface area contributed by atoms with Gasteiger partial charge in [0.1, 0.15) is 6.04 Å². The Morgan fingerprint density at radius 3 is 2.83 bits per heavy atom. The molecule has 2 N–H and O–H groups in total. The van der Waals surface area contributed by atoms with E-state index >= 15 is 0 Å². The second kappa shape index (κ2) is 7.04. The fourth-order valence-corrected chi connectivity index (χ4v) is 2.26. The Morgan fingerprint density at radius 1 is 1.33 bits per heavy atom. The quantitative estimate of drug-likeness (QED) is 0.671. The largest absolute Gasteiger partial charge is 0.480 e. The summed E-state index contributed by atoms with van der Waals surface area (Å²) in [5.41, 5.74) is 0. The van der Waals surface area contributed by atoms with Crippen LogP contribution in [0.15, 0.2) is 0 Å². The molecule has 0 radical (unpaired) electrons. The Kier molecular flexibility index (Phi) is 5.37. The van der Waals surface area contributed by atoms with Crippen molar-refractivity contribution >= 4 is 5.97 Å². The molecule has 2 saturated heterocycles. The number of hydrogen-bond acceptors (Lipinski definition) is 5. The summed E-state index contributed by atoms with van der Waals surface area (Å²) in [7, 11) is 0. The Morgan fingerprint density at radius 2 is 2.17 bits per heavy atom. The van der Waals surface area contributed by atoms with Crippen LogP contribution >= 0.6 is 0 Å². The average Bonchev–Trinajstić information content (AvgIpc) is 2.85. The van der Waals surface area contributed by atoms with E-state index in [1.54, 1.807) is 0 Å². The highest BCUT2D eigenvalue weighted by Gasteiger charge is 2.29. The third kappa shape index (κ3) is 4.20. The van der Waals surface area contributed by atoms with Crippen molar-refractivity contribution in [1.29, 1.82) is 0 Å². The zero-order chi connectivity index (χ0) is 12.8. The van der Waals surface area contributed by atoms with Crippen LogP contribution < -0.4 is 5.32 Å². The lowest BCUT2D eigenvalue weighted by Gasteiger charge is -2.22. The Hall–Kier alpha value is -0.690. The first-order valence-corrected chi connectivity index (χ1v) is 6.56. The average molecular weight is 259 g/mol. The van der Waals surface area contributed by atoms with Crippen molar-refractivity contribution in [3.05, 3.63) is 0 Å². The second-order valence-electron chi connectivity index (χ2n) is 4.69. The summed E-state index contributed by atoms with van der Waals surface area (Å²) >= 11 is 0. The normalized spacial score (nSPS) is 32.6. The van der Waals surface area contributed by atoms with Gasteiger partial charge in [0.05, 0.1) is 19.3 Å². The van der Waals surface area contributed by atoms with Crippen molar-refractivity contribution in [1.82, 2.24) is 5.32 Å². The molecule has 0 saturated carbocycles. The molecular formula is C12H21NO5. The Bertz CT molecular complexity index is 267. The molecule has 18 heavy (non-hydrogen) atoms. The van der Waals surface area contributed by atoms with Crippen LogP contribution in [-0.4, -0.2) is 55.9 Å². The summed E-state index contributed by atoms with van der Waals surface area (Å²) in [6.45, 7) is 2.35. The molecule has 0 aromatic carbocycles. The van der Waals surface area contributed by atoms with Gasteiger partial charge in [0.25, 0.3) is 0 Å². The number of carboxylic acids is 1. The summed E-state index contributed by atoms with van der Waals surface area (Å²) in [6, 6.07) is -0.474. The first-order chi connectivity index (χ1) is 8.75. The number of ether oxygens (including phenoxy) is 3. The molecule has 104 valence electrons. The number of carboxylic acid groups (broad SMARTS) is 1. The number of hydrogen-bond donors (Lipinski definition) is 2. The molecule has 3 atom stereocenters. The number of aliphatic carboxylic acids is 1. The first-order valence-electron chi connectivity index (χ1n) is 6.56. The predicted molar refractivity (Wildman–Crippen MR) is 63.3 cm³/mol. The molecule has 2 fully saturated rings. The molecule has 6 heteroatoms. The van der Waals surface area contributed by atoms with Crippen LogP contribution in [0.3, 0.4) is 0 Å². The van der Waals surface area contributed by atoms with Gasteiger partial charge < -0.3 is 24.6 Å². The van der Waals surface area contributed by atoms with Crippen molar-refractivity contribution in [3.8, 4) is 0 Å². The second-order valence-corrected chi connectivity index (χ2v) is 4.69. The number of carbonyl (C=O) groups is 1. The smallest absolute Gasteiger partial charge is 0.320 e. The fraction of sp³-hybridized carbons (Fsp3) is 0.917. The van der Waals surface area contributed by atoms with Crippen LogP contribution in [0.25, 0.3) is 0 Å². The molecule has 0 aromatic rings. The van der Waals surface area contributed by atoms with E-state index in [9.17, 15) is 4.79 Å². The van der Waals surface area contributed by atoms with Gasteiger partial charge in [-0.15, -0.1) is 0 Å². The minimum Gasteiger partial charge on any atom is -0.480 e. The standard InChI is InChI=1S/C12H21NO5/c14-12(15)10-7-9(8-13-10)16-5-6-18-11-3-1-2-4-17-11/h9-11,13H,1-8H2,(H,14,15). The molecule has 2 aliphatic rings. The van der Waals surface area contributed by atoms with Crippen LogP contribution in [-0.2, 0) is 19.0 Å². The van der Waals surface area contributed by atoms with Gasteiger partial charge >= 0.3 is 5.97 Å². The van der Waals surface area contributed by atoms with Crippen LogP contribution in [0, 0.1) is 0 Å². The van der Waals surface area contributed by atoms with Gasteiger partial charge in [-0.3, -0.25) is 4.79 Å². The molecule has 2 heterocycles. The van der Waals surface area contributed by atoms with Gasteiger partial charge in [0.15, 0.2) is 6.29 Å². The SMILES string of the molecule is O=C(O)C1CC(OCCOC2CCCCO2)CN1. The molecule has 3 unspecified atom stereocenters. The maximum absolute atomic E-state index is 10.7. The van der Waals surface area contributed by atoms with E-state index < -0.39 is 12.0 Å². The van der Waals surface area contributed by atoms with E-state index in [-0.39, 0.29) is 12.4 Å². The fourth-order valence-electron chi connectivity index (χ4n) is 2.26. The zero-order valence-corrected chi connectivity index (χ0v) is 10.5. The van der Waals surface area contributed by atoms with Crippen molar-refractivity contribution in [3.63, 3.8) is 0 Å². The van der Waals surface area contributed by atoms with Gasteiger partial charge in [0, 0.05) is 19.6 Å². The Balaban J connectivity index is 1.52. The van der Waals surface area contributed by atoms with Gasteiger partial charge in [-0.05, 0) is 19.3 Å². The lowest BCUT2D eigenvalue weighted by molar-refractivity contribution is -0.171.